The minimum atomic E-state index is -0.0449. The molecule has 0 aliphatic rings. The van der Waals surface area contributed by atoms with E-state index in [0.717, 1.165) is 25.8 Å². The third kappa shape index (κ3) is 8.17. The quantitative estimate of drug-likeness (QED) is 0.501. The minimum Gasteiger partial charge on any atom is -0.395 e. The van der Waals surface area contributed by atoms with E-state index in [-0.39, 0.29) is 25.1 Å². The van der Waals surface area contributed by atoms with Crippen LogP contribution in [0.15, 0.2) is 0 Å². The SMILES string of the molecule is Cl.NCCCC[C@@H](N)CO. The molecule has 4 heteroatoms. The molecule has 0 radical (unpaired) electrons. The van der Waals surface area contributed by atoms with Crippen molar-refractivity contribution in [2.75, 3.05) is 13.2 Å². The van der Waals surface area contributed by atoms with Crippen LogP contribution in [-0.4, -0.2) is 24.3 Å². The first-order valence-electron chi connectivity index (χ1n) is 3.37. The van der Waals surface area contributed by atoms with Gasteiger partial charge in [0.15, 0.2) is 0 Å². The van der Waals surface area contributed by atoms with Gasteiger partial charge in [-0.05, 0) is 19.4 Å². The van der Waals surface area contributed by atoms with Gasteiger partial charge in [-0.1, -0.05) is 6.42 Å². The average molecular weight is 169 g/mol. The standard InChI is InChI=1S/C6H16N2O.ClH/c7-4-2-1-3-6(8)5-9;/h6,9H,1-5,7-8H2;1H/t6-;/m1./s1. The molecule has 0 aliphatic heterocycles. The highest BCUT2D eigenvalue weighted by Gasteiger charge is 1.97. The van der Waals surface area contributed by atoms with Crippen LogP contribution in [0.3, 0.4) is 0 Å². The van der Waals surface area contributed by atoms with E-state index < -0.39 is 0 Å². The number of aliphatic hydroxyl groups is 1. The van der Waals surface area contributed by atoms with Crippen LogP contribution in [0.2, 0.25) is 0 Å². The van der Waals surface area contributed by atoms with Gasteiger partial charge in [0.2, 0.25) is 0 Å². The number of hydrogen-bond acceptors (Lipinski definition) is 3. The molecule has 64 valence electrons. The summed E-state index contributed by atoms with van der Waals surface area (Å²) in [7, 11) is 0. The fourth-order valence-electron chi connectivity index (χ4n) is 0.642. The van der Waals surface area contributed by atoms with E-state index in [1.165, 1.54) is 0 Å². The second-order valence-electron chi connectivity index (χ2n) is 2.23. The van der Waals surface area contributed by atoms with Gasteiger partial charge in [0.05, 0.1) is 6.61 Å². The Bertz CT molecular complexity index is 63.7. The summed E-state index contributed by atoms with van der Waals surface area (Å²) in [6.45, 7) is 0.808. The van der Waals surface area contributed by atoms with Gasteiger partial charge < -0.3 is 16.6 Å². The summed E-state index contributed by atoms with van der Waals surface area (Å²) >= 11 is 0. The zero-order chi connectivity index (χ0) is 7.11. The normalized spacial score (nSPS) is 12.3. The van der Waals surface area contributed by atoms with Crippen molar-refractivity contribution < 1.29 is 5.11 Å². The van der Waals surface area contributed by atoms with E-state index in [0.29, 0.717) is 0 Å². The molecule has 0 unspecified atom stereocenters. The zero-order valence-corrected chi connectivity index (χ0v) is 6.94. The van der Waals surface area contributed by atoms with Gasteiger partial charge in [-0.25, -0.2) is 0 Å². The molecule has 0 heterocycles. The molecule has 0 aliphatic carbocycles. The number of halogens is 1. The Labute approximate surface area is 68.2 Å². The summed E-state index contributed by atoms with van der Waals surface area (Å²) in [6, 6.07) is -0.0449. The summed E-state index contributed by atoms with van der Waals surface area (Å²) in [4.78, 5) is 0. The van der Waals surface area contributed by atoms with Crippen molar-refractivity contribution in [3.63, 3.8) is 0 Å². The van der Waals surface area contributed by atoms with Crippen LogP contribution in [0, 0.1) is 0 Å². The van der Waals surface area contributed by atoms with Crippen molar-refractivity contribution in [1.82, 2.24) is 0 Å². The number of nitrogens with two attached hydrogens (primary N) is 2. The topological polar surface area (TPSA) is 72.3 Å². The Morgan fingerprint density at radius 3 is 2.30 bits per heavy atom. The number of hydrogen-bond donors (Lipinski definition) is 3. The van der Waals surface area contributed by atoms with E-state index in [1.54, 1.807) is 0 Å². The average Bonchev–Trinajstić information content (AvgIpc) is 1.89. The molecule has 0 saturated carbocycles. The lowest BCUT2D eigenvalue weighted by Gasteiger charge is -2.05. The van der Waals surface area contributed by atoms with Gasteiger partial charge in [-0.2, -0.15) is 0 Å². The molecule has 0 aromatic rings. The molecule has 10 heavy (non-hydrogen) atoms. The smallest absolute Gasteiger partial charge is 0.0582 e. The number of rotatable bonds is 5. The van der Waals surface area contributed by atoms with Gasteiger partial charge in [0.1, 0.15) is 0 Å². The Hall–Kier alpha value is 0.170. The summed E-state index contributed by atoms with van der Waals surface area (Å²) in [6.07, 6.45) is 2.92. The Kier molecular flexibility index (Phi) is 11.7. The maximum absolute atomic E-state index is 8.48. The van der Waals surface area contributed by atoms with Gasteiger partial charge in [0.25, 0.3) is 0 Å². The fraction of sp³-hybridized carbons (Fsp3) is 1.00. The van der Waals surface area contributed by atoms with E-state index >= 15 is 0 Å². The fourth-order valence-corrected chi connectivity index (χ4v) is 0.642. The highest BCUT2D eigenvalue weighted by atomic mass is 35.5. The Morgan fingerprint density at radius 2 is 1.90 bits per heavy atom. The van der Waals surface area contributed by atoms with Crippen molar-refractivity contribution in [1.29, 1.82) is 0 Å². The molecule has 0 bridgehead atoms. The summed E-state index contributed by atoms with van der Waals surface area (Å²) < 4.78 is 0. The summed E-state index contributed by atoms with van der Waals surface area (Å²) in [5.74, 6) is 0. The first-order chi connectivity index (χ1) is 4.31. The van der Waals surface area contributed by atoms with Crippen LogP contribution in [0.4, 0.5) is 0 Å². The lowest BCUT2D eigenvalue weighted by molar-refractivity contribution is 0.258. The Balaban J connectivity index is 0. The lowest BCUT2D eigenvalue weighted by atomic mass is 10.1. The van der Waals surface area contributed by atoms with Crippen molar-refractivity contribution in [2.24, 2.45) is 11.5 Å². The highest BCUT2D eigenvalue weighted by Crippen LogP contribution is 1.95. The number of aliphatic hydroxyl groups excluding tert-OH is 1. The van der Waals surface area contributed by atoms with Gasteiger partial charge >= 0.3 is 0 Å². The molecular weight excluding hydrogens is 152 g/mol. The van der Waals surface area contributed by atoms with Crippen molar-refractivity contribution in [3.8, 4) is 0 Å². The minimum absolute atomic E-state index is 0. The van der Waals surface area contributed by atoms with E-state index in [9.17, 15) is 0 Å². The molecule has 0 spiro atoms. The van der Waals surface area contributed by atoms with Crippen LogP contribution in [0.5, 0.6) is 0 Å². The molecule has 0 aromatic carbocycles. The molecule has 5 N–H and O–H groups in total. The second-order valence-corrected chi connectivity index (χ2v) is 2.23. The molecular formula is C6H17ClN2O. The summed E-state index contributed by atoms with van der Waals surface area (Å²) in [5, 5.41) is 8.48. The van der Waals surface area contributed by atoms with Crippen LogP contribution in [-0.2, 0) is 0 Å². The third-order valence-electron chi connectivity index (χ3n) is 1.26. The molecule has 0 amide bonds. The summed E-state index contributed by atoms with van der Waals surface area (Å²) in [5.41, 5.74) is 10.7. The molecule has 1 atom stereocenters. The van der Waals surface area contributed by atoms with Crippen LogP contribution < -0.4 is 11.5 Å². The first-order valence-corrected chi connectivity index (χ1v) is 3.37. The largest absolute Gasteiger partial charge is 0.395 e. The monoisotopic (exact) mass is 168 g/mol. The van der Waals surface area contributed by atoms with Crippen LogP contribution >= 0.6 is 12.4 Å². The van der Waals surface area contributed by atoms with Crippen LogP contribution in [0.1, 0.15) is 19.3 Å². The van der Waals surface area contributed by atoms with Crippen molar-refractivity contribution in [3.05, 3.63) is 0 Å². The molecule has 3 nitrogen and oxygen atoms in total. The molecule has 0 aromatic heterocycles. The van der Waals surface area contributed by atoms with Crippen LogP contribution in [0.25, 0.3) is 0 Å². The van der Waals surface area contributed by atoms with E-state index in [1.807, 2.05) is 0 Å². The third-order valence-corrected chi connectivity index (χ3v) is 1.26. The second kappa shape index (κ2) is 9.17. The first kappa shape index (κ1) is 12.8. The lowest BCUT2D eigenvalue weighted by Crippen LogP contribution is -2.24. The predicted molar refractivity (Wildman–Crippen MR) is 45.2 cm³/mol. The zero-order valence-electron chi connectivity index (χ0n) is 6.12. The van der Waals surface area contributed by atoms with E-state index in [4.69, 9.17) is 16.6 Å². The van der Waals surface area contributed by atoms with Gasteiger partial charge in [-0.15, -0.1) is 12.4 Å². The Morgan fingerprint density at radius 1 is 1.30 bits per heavy atom. The maximum atomic E-state index is 8.48. The molecule has 0 rings (SSSR count). The van der Waals surface area contributed by atoms with Crippen molar-refractivity contribution in [2.45, 2.75) is 25.3 Å². The molecule has 0 fully saturated rings. The molecule has 0 saturated heterocycles. The van der Waals surface area contributed by atoms with Gasteiger partial charge in [-0.3, -0.25) is 0 Å². The number of unbranched alkanes of at least 4 members (excludes halogenated alkanes) is 1. The highest BCUT2D eigenvalue weighted by molar-refractivity contribution is 5.85. The van der Waals surface area contributed by atoms with Gasteiger partial charge in [0, 0.05) is 6.04 Å². The maximum Gasteiger partial charge on any atom is 0.0582 e. The van der Waals surface area contributed by atoms with Crippen molar-refractivity contribution >= 4 is 12.4 Å². The van der Waals surface area contributed by atoms with E-state index in [2.05, 4.69) is 0 Å². The predicted octanol–water partition coefficient (Wildman–Crippen LogP) is -0.143.